The molecule has 0 aliphatic carbocycles. The zero-order chi connectivity index (χ0) is 33.9. The number of amides is 2. The molecule has 3 aromatic carbocycles. The molecule has 0 spiro atoms. The lowest BCUT2D eigenvalue weighted by Crippen LogP contribution is -2.52. The van der Waals surface area contributed by atoms with Gasteiger partial charge in [-0.05, 0) is 49.6 Å². The molecule has 0 radical (unpaired) electrons. The fourth-order valence-corrected chi connectivity index (χ4v) is 6.36. The van der Waals surface area contributed by atoms with Crippen LogP contribution in [-0.2, 0) is 26.2 Å². The summed E-state index contributed by atoms with van der Waals surface area (Å²) in [5.74, 6) is 0.216. The summed E-state index contributed by atoms with van der Waals surface area (Å²) in [4.78, 5) is 29.1. The molecule has 11 nitrogen and oxygen atoms in total. The van der Waals surface area contributed by atoms with Crippen LogP contribution < -0.4 is 28.6 Å². The highest BCUT2D eigenvalue weighted by molar-refractivity contribution is 7.92. The predicted octanol–water partition coefficient (Wildman–Crippen LogP) is 4.95. The maximum absolute atomic E-state index is 14.5. The van der Waals surface area contributed by atoms with E-state index in [1.54, 1.807) is 12.1 Å². The summed E-state index contributed by atoms with van der Waals surface area (Å²) in [6.07, 6.45) is 2.01. The molecule has 0 aliphatic rings. The first kappa shape index (κ1) is 36.0. The van der Waals surface area contributed by atoms with Crippen LogP contribution in [0.3, 0.4) is 0 Å². The van der Waals surface area contributed by atoms with Gasteiger partial charge in [0, 0.05) is 25.2 Å². The van der Waals surface area contributed by atoms with E-state index in [9.17, 15) is 18.0 Å². The zero-order valence-electron chi connectivity index (χ0n) is 27.7. The van der Waals surface area contributed by atoms with Gasteiger partial charge in [0.25, 0.3) is 10.0 Å². The summed E-state index contributed by atoms with van der Waals surface area (Å²) in [7, 11) is 1.28. The number of aryl methyl sites for hydroxylation is 1. The molecule has 0 unspecified atom stereocenters. The predicted molar refractivity (Wildman–Crippen MR) is 177 cm³/mol. The van der Waals surface area contributed by atoms with Gasteiger partial charge in [-0.15, -0.1) is 0 Å². The molecule has 1 N–H and O–H groups in total. The first-order valence-corrected chi connectivity index (χ1v) is 16.6. The lowest BCUT2D eigenvalue weighted by atomic mass is 10.1. The smallest absolute Gasteiger partial charge is 0.265 e. The Hall–Kier alpha value is -4.45. The first-order chi connectivity index (χ1) is 22.0. The second kappa shape index (κ2) is 16.7. The number of sulfonamides is 1. The third kappa shape index (κ3) is 8.63. The minimum atomic E-state index is -4.43. The van der Waals surface area contributed by atoms with E-state index >= 15 is 0 Å². The molecule has 0 aromatic heterocycles. The fourth-order valence-electron chi connectivity index (χ4n) is 4.93. The highest BCUT2D eigenvalue weighted by Gasteiger charge is 2.35. The molecule has 0 saturated heterocycles. The molecule has 250 valence electrons. The van der Waals surface area contributed by atoms with Gasteiger partial charge in [-0.3, -0.25) is 13.9 Å². The molecular formula is C34H45N3O8S. The van der Waals surface area contributed by atoms with Crippen molar-refractivity contribution in [3.05, 3.63) is 71.8 Å². The number of carbonyl (C=O) groups is 2. The Balaban J connectivity index is 2.17. The molecule has 0 fully saturated rings. The van der Waals surface area contributed by atoms with Gasteiger partial charge in [-0.25, -0.2) is 8.42 Å². The summed E-state index contributed by atoms with van der Waals surface area (Å²) < 4.78 is 51.5. The first-order valence-electron chi connectivity index (χ1n) is 15.1. The molecule has 2 amide bonds. The molecule has 0 heterocycles. The zero-order valence-corrected chi connectivity index (χ0v) is 28.5. The Kier molecular flexibility index (Phi) is 13.1. The Morgan fingerprint density at radius 2 is 1.48 bits per heavy atom. The molecule has 0 bridgehead atoms. The van der Waals surface area contributed by atoms with Gasteiger partial charge in [0.2, 0.25) is 11.8 Å². The van der Waals surface area contributed by atoms with E-state index in [-0.39, 0.29) is 34.5 Å². The number of nitrogens with zero attached hydrogens (tertiary/aromatic N) is 2. The average molecular weight is 656 g/mol. The molecule has 1 atom stereocenters. The lowest BCUT2D eigenvalue weighted by Gasteiger charge is -2.33. The summed E-state index contributed by atoms with van der Waals surface area (Å²) >= 11 is 0. The number of hydrogen-bond acceptors (Lipinski definition) is 8. The Morgan fingerprint density at radius 1 is 0.826 bits per heavy atom. The Bertz CT molecular complexity index is 1580. The highest BCUT2D eigenvalue weighted by atomic mass is 32.2. The normalized spacial score (nSPS) is 11.7. The number of anilines is 1. The van der Waals surface area contributed by atoms with Crippen LogP contribution >= 0.6 is 0 Å². The Morgan fingerprint density at radius 3 is 2.07 bits per heavy atom. The van der Waals surface area contributed by atoms with E-state index < -0.39 is 28.5 Å². The number of benzene rings is 3. The van der Waals surface area contributed by atoms with Crippen LogP contribution in [-0.4, -0.2) is 72.7 Å². The summed E-state index contributed by atoms with van der Waals surface area (Å²) in [6.45, 7) is 5.74. The van der Waals surface area contributed by atoms with Crippen molar-refractivity contribution < 1.29 is 37.0 Å². The van der Waals surface area contributed by atoms with E-state index in [1.165, 1.54) is 57.6 Å². The monoisotopic (exact) mass is 655 g/mol. The van der Waals surface area contributed by atoms with Gasteiger partial charge < -0.3 is 29.2 Å². The number of rotatable bonds is 17. The van der Waals surface area contributed by atoms with Gasteiger partial charge in [-0.1, -0.05) is 50.1 Å². The van der Waals surface area contributed by atoms with E-state index in [1.807, 2.05) is 45.0 Å². The van der Waals surface area contributed by atoms with Gasteiger partial charge in [0.05, 0.1) is 39.0 Å². The van der Waals surface area contributed by atoms with Crippen LogP contribution in [0.5, 0.6) is 23.0 Å². The van der Waals surface area contributed by atoms with Crippen molar-refractivity contribution in [2.45, 2.75) is 57.5 Å². The van der Waals surface area contributed by atoms with Crippen LogP contribution in [0.1, 0.15) is 44.2 Å². The SMILES string of the molecule is CCCCNC(=O)[C@H](CC)N(Cc1ccc(C)cc1)C(=O)CN(c1cc(OC)ccc1OC)S(=O)(=O)c1ccc(OC)c(OC)c1. The standard InChI is InChI=1S/C34H45N3O8S/c1-8-10-19-35-34(39)28(9-2)36(22-25-13-11-24(3)12-14-25)33(38)23-37(29-20-26(42-4)15-17-30(29)43-5)46(40,41)27-16-18-31(44-6)32(21-27)45-7/h11-18,20-21,28H,8-10,19,22-23H2,1-7H3,(H,35,39)/t28-/m0/s1. The molecule has 3 aromatic rings. The van der Waals surface area contributed by atoms with Crippen LogP contribution in [0, 0.1) is 6.92 Å². The number of ether oxygens (including phenoxy) is 4. The van der Waals surface area contributed by atoms with E-state index in [2.05, 4.69) is 5.32 Å². The summed E-state index contributed by atoms with van der Waals surface area (Å²) in [5.41, 5.74) is 1.93. The van der Waals surface area contributed by atoms with Crippen molar-refractivity contribution in [1.29, 1.82) is 0 Å². The van der Waals surface area contributed by atoms with Crippen molar-refractivity contribution in [2.24, 2.45) is 0 Å². The minimum absolute atomic E-state index is 0.0840. The average Bonchev–Trinajstić information content (AvgIpc) is 3.07. The number of unbranched alkanes of at least 4 members (excludes halogenated alkanes) is 1. The third-order valence-corrected chi connectivity index (χ3v) is 9.32. The van der Waals surface area contributed by atoms with Crippen LogP contribution in [0.15, 0.2) is 65.6 Å². The summed E-state index contributed by atoms with van der Waals surface area (Å²) in [5, 5.41) is 2.94. The van der Waals surface area contributed by atoms with Crippen LogP contribution in [0.25, 0.3) is 0 Å². The molecule has 46 heavy (non-hydrogen) atoms. The number of carbonyl (C=O) groups excluding carboxylic acids is 2. The number of nitrogens with one attached hydrogen (secondary N) is 1. The second-order valence-corrected chi connectivity index (χ2v) is 12.5. The maximum atomic E-state index is 14.5. The molecule has 0 saturated carbocycles. The third-order valence-electron chi connectivity index (χ3n) is 7.57. The van der Waals surface area contributed by atoms with Gasteiger partial charge in [-0.2, -0.15) is 0 Å². The van der Waals surface area contributed by atoms with Crippen molar-refractivity contribution in [3.8, 4) is 23.0 Å². The largest absolute Gasteiger partial charge is 0.497 e. The van der Waals surface area contributed by atoms with Crippen molar-refractivity contribution >= 4 is 27.5 Å². The quantitative estimate of drug-likeness (QED) is 0.203. The van der Waals surface area contributed by atoms with E-state index in [0.29, 0.717) is 24.5 Å². The van der Waals surface area contributed by atoms with E-state index in [4.69, 9.17) is 18.9 Å². The fraction of sp³-hybridized carbons (Fsp3) is 0.412. The Labute approximate surface area is 272 Å². The van der Waals surface area contributed by atoms with Crippen LogP contribution in [0.4, 0.5) is 5.69 Å². The maximum Gasteiger partial charge on any atom is 0.265 e. The van der Waals surface area contributed by atoms with Crippen LogP contribution in [0.2, 0.25) is 0 Å². The molecule has 0 aliphatic heterocycles. The molecule has 12 heteroatoms. The van der Waals surface area contributed by atoms with Crippen molar-refractivity contribution in [1.82, 2.24) is 10.2 Å². The molecule has 3 rings (SSSR count). The van der Waals surface area contributed by atoms with Crippen molar-refractivity contribution in [2.75, 3.05) is 45.8 Å². The van der Waals surface area contributed by atoms with Gasteiger partial charge >= 0.3 is 0 Å². The van der Waals surface area contributed by atoms with E-state index in [0.717, 1.165) is 28.3 Å². The highest BCUT2D eigenvalue weighted by Crippen LogP contribution is 2.38. The van der Waals surface area contributed by atoms with Gasteiger partial charge in [0.15, 0.2) is 11.5 Å². The topological polar surface area (TPSA) is 124 Å². The number of methoxy groups -OCH3 is 4. The lowest BCUT2D eigenvalue weighted by molar-refractivity contribution is -0.140. The summed E-state index contributed by atoms with van der Waals surface area (Å²) in [6, 6.07) is 15.7. The number of hydrogen-bond donors (Lipinski definition) is 1. The molecular weight excluding hydrogens is 610 g/mol. The van der Waals surface area contributed by atoms with Gasteiger partial charge in [0.1, 0.15) is 24.1 Å². The second-order valence-electron chi connectivity index (χ2n) is 10.6. The van der Waals surface area contributed by atoms with Crippen molar-refractivity contribution in [3.63, 3.8) is 0 Å². The minimum Gasteiger partial charge on any atom is -0.497 e.